The zero-order valence-corrected chi connectivity index (χ0v) is 13.7. The molecule has 1 aliphatic heterocycles. The molecule has 0 spiro atoms. The Kier molecular flexibility index (Phi) is 8.85. The summed E-state index contributed by atoms with van der Waals surface area (Å²) in [5.41, 5.74) is -0.544. The summed E-state index contributed by atoms with van der Waals surface area (Å²) in [5.74, 6) is -0.659. The van der Waals surface area contributed by atoms with Gasteiger partial charge in [-0.15, -0.1) is 0 Å². The third-order valence-corrected chi connectivity index (χ3v) is 2.86. The van der Waals surface area contributed by atoms with Gasteiger partial charge in [-0.1, -0.05) is 0 Å². The Balaban J connectivity index is 0.000000885. The van der Waals surface area contributed by atoms with Crippen LogP contribution in [0.5, 0.6) is 0 Å². The van der Waals surface area contributed by atoms with Crippen LogP contribution in [0.15, 0.2) is 0 Å². The van der Waals surface area contributed by atoms with E-state index in [0.29, 0.717) is 25.8 Å². The number of Topliss-reactive ketones (excluding diaryl/α,β-unsaturated/α-hetero) is 1. The fourth-order valence-electron chi connectivity index (χ4n) is 1.65. The maximum Gasteiger partial charge on any atom is 0.410 e. The Morgan fingerprint density at radius 1 is 1.38 bits per heavy atom. The molecule has 0 saturated carbocycles. The Morgan fingerprint density at radius 3 is 2.38 bits per heavy atom. The molecule has 6 nitrogen and oxygen atoms in total. The molecule has 1 fully saturated rings. The molecule has 21 heavy (non-hydrogen) atoms. The molecule has 0 N–H and O–H groups in total. The highest BCUT2D eigenvalue weighted by atomic mass is 16.6. The quantitative estimate of drug-likeness (QED) is 0.576. The molecular weight excluding hydrogens is 274 g/mol. The van der Waals surface area contributed by atoms with E-state index in [1.807, 2.05) is 6.92 Å². The first-order valence-corrected chi connectivity index (χ1v) is 7.20. The second-order valence-electron chi connectivity index (χ2n) is 5.79. The summed E-state index contributed by atoms with van der Waals surface area (Å²) in [7, 11) is 1.68. The highest BCUT2D eigenvalue weighted by molar-refractivity contribution is 5.93. The van der Waals surface area contributed by atoms with Crippen molar-refractivity contribution in [3.05, 3.63) is 0 Å². The molecule has 0 aromatic rings. The third-order valence-electron chi connectivity index (χ3n) is 2.86. The lowest BCUT2D eigenvalue weighted by molar-refractivity contribution is -0.126. The van der Waals surface area contributed by atoms with E-state index in [0.717, 1.165) is 6.61 Å². The molecule has 6 heteroatoms. The van der Waals surface area contributed by atoms with Gasteiger partial charge in [0, 0.05) is 33.2 Å². The first-order valence-electron chi connectivity index (χ1n) is 7.20. The number of amides is 1. The van der Waals surface area contributed by atoms with E-state index >= 15 is 0 Å². The van der Waals surface area contributed by atoms with Crippen molar-refractivity contribution in [1.82, 2.24) is 4.90 Å². The summed E-state index contributed by atoms with van der Waals surface area (Å²) < 4.78 is 9.77. The van der Waals surface area contributed by atoms with Gasteiger partial charge in [-0.25, -0.2) is 4.79 Å². The van der Waals surface area contributed by atoms with Gasteiger partial charge >= 0.3 is 6.09 Å². The zero-order chi connectivity index (χ0) is 16.5. The van der Waals surface area contributed by atoms with E-state index in [1.54, 1.807) is 27.9 Å². The molecule has 0 aromatic carbocycles. The van der Waals surface area contributed by atoms with Gasteiger partial charge in [0.15, 0.2) is 0 Å². The van der Waals surface area contributed by atoms with Crippen molar-refractivity contribution in [1.29, 1.82) is 0 Å². The molecular formula is C15H27NO5. The molecule has 1 amide bonds. The highest BCUT2D eigenvalue weighted by Crippen LogP contribution is 2.16. The zero-order valence-electron chi connectivity index (χ0n) is 13.7. The Bertz CT molecular complexity index is 346. The number of ketones is 1. The monoisotopic (exact) mass is 301 g/mol. The van der Waals surface area contributed by atoms with Crippen molar-refractivity contribution in [2.75, 3.05) is 26.8 Å². The van der Waals surface area contributed by atoms with Crippen LogP contribution in [0.2, 0.25) is 0 Å². The lowest BCUT2D eigenvalue weighted by Crippen LogP contribution is -2.37. The van der Waals surface area contributed by atoms with Gasteiger partial charge in [-0.2, -0.15) is 0 Å². The lowest BCUT2D eigenvalue weighted by Gasteiger charge is -2.26. The van der Waals surface area contributed by atoms with Crippen LogP contribution in [0.25, 0.3) is 0 Å². The molecule has 1 atom stereocenters. The van der Waals surface area contributed by atoms with Gasteiger partial charge < -0.3 is 19.2 Å². The summed E-state index contributed by atoms with van der Waals surface area (Å²) in [4.78, 5) is 35.4. The predicted molar refractivity (Wildman–Crippen MR) is 79.2 cm³/mol. The Morgan fingerprint density at radius 2 is 1.95 bits per heavy atom. The van der Waals surface area contributed by atoms with Gasteiger partial charge in [0.25, 0.3) is 0 Å². The number of methoxy groups -OCH3 is 1. The topological polar surface area (TPSA) is 72.9 Å². The van der Waals surface area contributed by atoms with E-state index in [4.69, 9.17) is 4.74 Å². The van der Waals surface area contributed by atoms with E-state index < -0.39 is 17.6 Å². The molecule has 1 saturated heterocycles. The van der Waals surface area contributed by atoms with Crippen LogP contribution >= 0.6 is 0 Å². The standard InChI is InChI=1S/C12H19NO4.C3H8O/c1-12(2,3)17-11(16)13-6-4-9(8-14)10(15)5-7-13;1-3-4-2/h8-9H,4-7H2,1-3H3;3H2,1-2H3. The smallest absolute Gasteiger partial charge is 0.410 e. The third kappa shape index (κ3) is 8.45. The second-order valence-corrected chi connectivity index (χ2v) is 5.79. The first-order chi connectivity index (χ1) is 9.75. The van der Waals surface area contributed by atoms with Crippen molar-refractivity contribution in [3.63, 3.8) is 0 Å². The fraction of sp³-hybridized carbons (Fsp3) is 0.800. The van der Waals surface area contributed by atoms with Crippen molar-refractivity contribution in [2.45, 2.75) is 46.1 Å². The maximum absolute atomic E-state index is 11.8. The minimum absolute atomic E-state index is 0.0916. The minimum Gasteiger partial charge on any atom is -0.444 e. The van der Waals surface area contributed by atoms with Gasteiger partial charge in [-0.05, 0) is 34.1 Å². The number of ether oxygens (including phenoxy) is 2. The second kappa shape index (κ2) is 9.50. The highest BCUT2D eigenvalue weighted by Gasteiger charge is 2.28. The molecule has 0 bridgehead atoms. The lowest BCUT2D eigenvalue weighted by atomic mass is 10.0. The van der Waals surface area contributed by atoms with Crippen LogP contribution < -0.4 is 0 Å². The predicted octanol–water partition coefficient (Wildman–Crippen LogP) is 2.05. The number of hydrogen-bond donors (Lipinski definition) is 0. The summed E-state index contributed by atoms with van der Waals surface area (Å²) >= 11 is 0. The van der Waals surface area contributed by atoms with Crippen LogP contribution in [0, 0.1) is 5.92 Å². The molecule has 122 valence electrons. The van der Waals surface area contributed by atoms with Gasteiger partial charge in [0.2, 0.25) is 0 Å². The van der Waals surface area contributed by atoms with Crippen LogP contribution in [0.1, 0.15) is 40.5 Å². The van der Waals surface area contributed by atoms with E-state index in [9.17, 15) is 14.4 Å². The average Bonchev–Trinajstić information content (AvgIpc) is 2.59. The van der Waals surface area contributed by atoms with Crippen molar-refractivity contribution < 1.29 is 23.9 Å². The normalized spacial score (nSPS) is 19.2. The Hall–Kier alpha value is -1.43. The molecule has 1 rings (SSSR count). The summed E-state index contributed by atoms with van der Waals surface area (Å²) in [6, 6.07) is 0. The number of carbonyl (C=O) groups excluding carboxylic acids is 3. The van der Waals surface area contributed by atoms with Crippen LogP contribution in [0.4, 0.5) is 4.79 Å². The van der Waals surface area contributed by atoms with E-state index in [2.05, 4.69) is 4.74 Å². The van der Waals surface area contributed by atoms with Crippen LogP contribution in [-0.2, 0) is 19.1 Å². The van der Waals surface area contributed by atoms with E-state index in [1.165, 1.54) is 4.90 Å². The number of carbonyl (C=O) groups is 3. The largest absolute Gasteiger partial charge is 0.444 e. The number of rotatable bonds is 2. The van der Waals surface area contributed by atoms with Crippen molar-refractivity contribution in [2.24, 2.45) is 5.92 Å². The van der Waals surface area contributed by atoms with Gasteiger partial charge in [0.1, 0.15) is 17.7 Å². The molecule has 1 aliphatic rings. The molecule has 0 aromatic heterocycles. The van der Waals surface area contributed by atoms with Crippen LogP contribution in [-0.4, -0.2) is 55.5 Å². The van der Waals surface area contributed by atoms with Crippen LogP contribution in [0.3, 0.4) is 0 Å². The SMILES string of the molecule is CC(C)(C)OC(=O)N1CCC(=O)C(C=O)CC1.CCOC. The van der Waals surface area contributed by atoms with Gasteiger partial charge in [-0.3, -0.25) is 4.79 Å². The Labute approximate surface area is 126 Å². The van der Waals surface area contributed by atoms with E-state index in [-0.39, 0.29) is 12.2 Å². The molecule has 0 radical (unpaired) electrons. The number of hydrogen-bond acceptors (Lipinski definition) is 5. The minimum atomic E-state index is -0.567. The first kappa shape index (κ1) is 19.6. The molecule has 1 unspecified atom stereocenters. The maximum atomic E-state index is 11.8. The summed E-state index contributed by atoms with van der Waals surface area (Å²) in [6.45, 7) is 8.88. The summed E-state index contributed by atoms with van der Waals surface area (Å²) in [5, 5.41) is 0. The fourth-order valence-corrected chi connectivity index (χ4v) is 1.65. The van der Waals surface area contributed by atoms with Gasteiger partial charge in [0.05, 0.1) is 5.92 Å². The number of aldehydes is 1. The summed E-state index contributed by atoms with van der Waals surface area (Å²) in [6.07, 6.45) is 0.863. The van der Waals surface area contributed by atoms with Crippen molar-refractivity contribution in [3.8, 4) is 0 Å². The molecule has 1 heterocycles. The molecule has 0 aliphatic carbocycles. The number of nitrogens with zero attached hydrogens (tertiary/aromatic N) is 1. The van der Waals surface area contributed by atoms with Crippen molar-refractivity contribution >= 4 is 18.2 Å². The number of likely N-dealkylation sites (tertiary alicyclic amines) is 1. The average molecular weight is 301 g/mol.